The fraction of sp³-hybridized carbons (Fsp3) is 0.685. The van der Waals surface area contributed by atoms with Crippen LogP contribution in [0.1, 0.15) is 187 Å². The van der Waals surface area contributed by atoms with Crippen molar-refractivity contribution in [1.82, 2.24) is 5.32 Å². The molecule has 9 heteroatoms. The number of hydrogen-bond donors (Lipinski definition) is 3. The zero-order valence-electron chi connectivity index (χ0n) is 41.0. The topological polar surface area (TPSA) is 105 Å². The number of hydrogen-bond acceptors (Lipinski definition) is 5. The number of nitrogens with one attached hydrogen (secondary N) is 1. The highest BCUT2D eigenvalue weighted by molar-refractivity contribution is 7.47. The van der Waals surface area contributed by atoms with E-state index in [4.69, 9.17) is 9.05 Å². The van der Waals surface area contributed by atoms with E-state index >= 15 is 0 Å². The van der Waals surface area contributed by atoms with Gasteiger partial charge in [-0.2, -0.15) is 0 Å². The molecule has 0 radical (unpaired) electrons. The Morgan fingerprint density at radius 3 is 1.46 bits per heavy atom. The number of unbranched alkanes of at least 4 members (excludes halogenated alkanes) is 17. The van der Waals surface area contributed by atoms with E-state index in [0.717, 1.165) is 70.6 Å². The van der Waals surface area contributed by atoms with Gasteiger partial charge < -0.3 is 19.8 Å². The van der Waals surface area contributed by atoms with Gasteiger partial charge in [-0.1, -0.05) is 195 Å². The first-order valence-electron chi connectivity index (χ1n) is 25.1. The molecule has 3 atom stereocenters. The van der Waals surface area contributed by atoms with Gasteiger partial charge in [-0.15, -0.1) is 0 Å². The van der Waals surface area contributed by atoms with Crippen LogP contribution in [-0.4, -0.2) is 73.4 Å². The van der Waals surface area contributed by atoms with E-state index in [1.165, 1.54) is 89.9 Å². The molecular formula is C54H96N2O6P+. The van der Waals surface area contributed by atoms with E-state index in [0.29, 0.717) is 17.4 Å². The lowest BCUT2D eigenvalue weighted by atomic mass is 10.0. The number of quaternary nitrogens is 1. The van der Waals surface area contributed by atoms with Crippen LogP contribution in [0.2, 0.25) is 0 Å². The summed E-state index contributed by atoms with van der Waals surface area (Å²) in [5.41, 5.74) is 0. The number of aliphatic hydroxyl groups excluding tert-OH is 1. The summed E-state index contributed by atoms with van der Waals surface area (Å²) < 4.78 is 23.6. The minimum atomic E-state index is -4.37. The molecule has 0 spiro atoms. The van der Waals surface area contributed by atoms with Crippen LogP contribution in [0, 0.1) is 0 Å². The summed E-state index contributed by atoms with van der Waals surface area (Å²) in [6, 6.07) is -0.893. The normalized spacial score (nSPS) is 15.0. The number of allylic oxidation sites excluding steroid dienone is 15. The van der Waals surface area contributed by atoms with Crippen molar-refractivity contribution >= 4 is 13.7 Å². The fourth-order valence-electron chi connectivity index (χ4n) is 6.59. The largest absolute Gasteiger partial charge is 0.472 e. The Labute approximate surface area is 388 Å². The first-order valence-corrected chi connectivity index (χ1v) is 26.6. The predicted octanol–water partition coefficient (Wildman–Crippen LogP) is 14.7. The minimum Gasteiger partial charge on any atom is -0.387 e. The Kier molecular flexibility index (Phi) is 42.8. The average molecular weight is 900 g/mol. The van der Waals surface area contributed by atoms with Crippen LogP contribution in [0.5, 0.6) is 0 Å². The Morgan fingerprint density at radius 1 is 0.556 bits per heavy atom. The van der Waals surface area contributed by atoms with Crippen LogP contribution in [0.4, 0.5) is 0 Å². The van der Waals surface area contributed by atoms with E-state index in [1.807, 2.05) is 27.2 Å². The lowest BCUT2D eigenvalue weighted by Gasteiger charge is -2.25. The van der Waals surface area contributed by atoms with Gasteiger partial charge in [0.25, 0.3) is 0 Å². The molecule has 0 saturated carbocycles. The maximum absolute atomic E-state index is 12.9. The third kappa shape index (κ3) is 47.2. The van der Waals surface area contributed by atoms with Gasteiger partial charge in [-0.3, -0.25) is 13.8 Å². The van der Waals surface area contributed by atoms with Crippen LogP contribution in [0.15, 0.2) is 97.2 Å². The molecule has 0 aromatic heterocycles. The smallest absolute Gasteiger partial charge is 0.387 e. The minimum absolute atomic E-state index is 0.0421. The molecule has 0 aliphatic carbocycles. The summed E-state index contributed by atoms with van der Waals surface area (Å²) in [4.78, 5) is 23.2. The van der Waals surface area contributed by atoms with Crippen molar-refractivity contribution in [2.24, 2.45) is 0 Å². The molecule has 0 aliphatic heterocycles. The van der Waals surface area contributed by atoms with E-state index in [2.05, 4.69) is 104 Å². The Hall–Kier alpha value is -2.58. The van der Waals surface area contributed by atoms with Crippen LogP contribution in [0.3, 0.4) is 0 Å². The lowest BCUT2D eigenvalue weighted by Crippen LogP contribution is -2.45. The first kappa shape index (κ1) is 60.4. The van der Waals surface area contributed by atoms with Crippen LogP contribution < -0.4 is 5.32 Å². The number of nitrogens with zero attached hydrogens (tertiary/aromatic N) is 1. The zero-order valence-corrected chi connectivity index (χ0v) is 41.9. The van der Waals surface area contributed by atoms with Gasteiger partial charge in [-0.05, 0) is 83.5 Å². The molecular weight excluding hydrogens is 804 g/mol. The molecule has 0 heterocycles. The highest BCUT2D eigenvalue weighted by Gasteiger charge is 2.27. The number of rotatable bonds is 44. The van der Waals surface area contributed by atoms with Gasteiger partial charge in [0.1, 0.15) is 13.2 Å². The van der Waals surface area contributed by atoms with Gasteiger partial charge >= 0.3 is 7.82 Å². The Balaban J connectivity index is 4.50. The van der Waals surface area contributed by atoms with Gasteiger partial charge in [-0.25, -0.2) is 4.57 Å². The number of phosphoric acid groups is 1. The Bertz CT molecular complexity index is 1340. The van der Waals surface area contributed by atoms with Gasteiger partial charge in [0.2, 0.25) is 5.91 Å². The highest BCUT2D eigenvalue weighted by Crippen LogP contribution is 2.43. The first-order chi connectivity index (χ1) is 30.5. The van der Waals surface area contributed by atoms with Gasteiger partial charge in [0, 0.05) is 6.42 Å². The Morgan fingerprint density at radius 2 is 0.968 bits per heavy atom. The third-order valence-electron chi connectivity index (χ3n) is 10.5. The van der Waals surface area contributed by atoms with Gasteiger partial charge in [0.15, 0.2) is 0 Å². The number of carbonyl (C=O) groups excluding carboxylic acids is 1. The molecule has 0 aliphatic rings. The summed E-state index contributed by atoms with van der Waals surface area (Å²) in [7, 11) is 1.51. The number of likely N-dealkylation sites (N-methyl/N-ethyl adjacent to an activating group) is 1. The maximum atomic E-state index is 12.9. The summed E-state index contributed by atoms with van der Waals surface area (Å²) in [5.74, 6) is -0.232. The van der Waals surface area contributed by atoms with E-state index in [9.17, 15) is 19.4 Å². The number of aliphatic hydroxyl groups is 1. The molecule has 0 aromatic rings. The molecule has 1 amide bonds. The van der Waals surface area contributed by atoms with Gasteiger partial charge in [0.05, 0.1) is 39.9 Å². The summed E-state index contributed by atoms with van der Waals surface area (Å²) in [6.07, 6.45) is 63.5. The van der Waals surface area contributed by atoms with E-state index in [-0.39, 0.29) is 25.5 Å². The average Bonchev–Trinajstić information content (AvgIpc) is 3.24. The standard InChI is InChI=1S/C54H95N2O6P/c1-6-8-10-12-14-16-18-20-22-24-26-28-30-32-34-36-38-40-42-44-46-48-54(58)55-52(51-62-63(59,60)61-50-49-56(3,4)5)53(57)47-45-43-41-39-37-35-33-31-29-27-25-23-21-19-17-15-13-11-9-7-2/h8,10,14,16,20,22,26,28,32,34,37-40,45,47,52-53,57H,6-7,9,11-13,15,17-19,21,23-25,27,29-31,33,35-36,41-44,46,48-51H2,1-5H3,(H-,55,58,59,60)/p+1/b10-8-,16-14-,22-20-,28-26-,34-32-,39-37+,40-38-,47-45+. The summed E-state index contributed by atoms with van der Waals surface area (Å²) in [5, 5.41) is 13.8. The second-order valence-corrected chi connectivity index (χ2v) is 19.3. The van der Waals surface area contributed by atoms with E-state index < -0.39 is 20.0 Å². The zero-order chi connectivity index (χ0) is 46.4. The summed E-state index contributed by atoms with van der Waals surface area (Å²) in [6.45, 7) is 4.63. The molecule has 362 valence electrons. The third-order valence-corrected chi connectivity index (χ3v) is 11.5. The molecule has 0 rings (SSSR count). The molecule has 3 unspecified atom stereocenters. The molecule has 0 saturated heterocycles. The molecule has 8 nitrogen and oxygen atoms in total. The maximum Gasteiger partial charge on any atom is 0.472 e. The summed E-state index contributed by atoms with van der Waals surface area (Å²) >= 11 is 0. The second-order valence-electron chi connectivity index (χ2n) is 17.8. The second kappa shape index (κ2) is 44.6. The number of phosphoric ester groups is 1. The van der Waals surface area contributed by atoms with Crippen molar-refractivity contribution in [1.29, 1.82) is 0 Å². The van der Waals surface area contributed by atoms with Crippen LogP contribution in [-0.2, 0) is 18.4 Å². The van der Waals surface area contributed by atoms with Crippen LogP contribution in [0.25, 0.3) is 0 Å². The lowest BCUT2D eigenvalue weighted by molar-refractivity contribution is -0.870. The van der Waals surface area contributed by atoms with Crippen molar-refractivity contribution in [3.8, 4) is 0 Å². The molecule has 0 bridgehead atoms. The van der Waals surface area contributed by atoms with E-state index in [1.54, 1.807) is 6.08 Å². The number of carbonyl (C=O) groups is 1. The van der Waals surface area contributed by atoms with Crippen molar-refractivity contribution < 1.29 is 32.9 Å². The quantitative estimate of drug-likeness (QED) is 0.0243. The van der Waals surface area contributed by atoms with Crippen molar-refractivity contribution in [3.63, 3.8) is 0 Å². The van der Waals surface area contributed by atoms with Crippen molar-refractivity contribution in [2.75, 3.05) is 40.9 Å². The van der Waals surface area contributed by atoms with Crippen molar-refractivity contribution in [2.45, 2.75) is 199 Å². The SMILES string of the molecule is CC/C=C\C/C=C\C/C=C\C/C=C\C/C=C\C/C=C\CCCCC(=O)NC(COP(=O)(O)OCC[N+](C)(C)C)C(O)/C=C/CC/C=C/CCCCCCCCCCCCCCCC. The molecule has 3 N–H and O–H groups in total. The molecule has 0 fully saturated rings. The highest BCUT2D eigenvalue weighted by atomic mass is 31.2. The number of amides is 1. The van der Waals surface area contributed by atoms with Crippen LogP contribution >= 0.6 is 7.82 Å². The fourth-order valence-corrected chi connectivity index (χ4v) is 7.32. The van der Waals surface area contributed by atoms with Crippen molar-refractivity contribution in [3.05, 3.63) is 97.2 Å². The molecule has 0 aromatic carbocycles. The predicted molar refractivity (Wildman–Crippen MR) is 272 cm³/mol. The monoisotopic (exact) mass is 900 g/mol. The molecule has 63 heavy (non-hydrogen) atoms.